The molecule has 0 radical (unpaired) electrons. The maximum atomic E-state index is 12.8. The summed E-state index contributed by atoms with van der Waals surface area (Å²) in [5, 5.41) is 0. The normalized spacial score (nSPS) is 12.7. The Kier molecular flexibility index (Phi) is 9.15. The molecular weight excluding hydrogens is 658 g/mol. The van der Waals surface area contributed by atoms with Gasteiger partial charge in [-0.3, -0.25) is 18.4 Å². The van der Waals surface area contributed by atoms with Crippen LogP contribution in [0, 0.1) is 27.7 Å². The smallest absolute Gasteiger partial charge is 0.297 e. The average Bonchev–Trinajstić information content (AvgIpc) is 3.63. The van der Waals surface area contributed by atoms with Crippen molar-refractivity contribution in [2.45, 2.75) is 65.7 Å². The molecule has 0 atom stereocenters. The molecule has 0 aliphatic heterocycles. The lowest BCUT2D eigenvalue weighted by molar-refractivity contribution is -0.138. The average molecular weight is 696 g/mol. The molecule has 260 valence electrons. The van der Waals surface area contributed by atoms with E-state index < -0.39 is 23.5 Å². The van der Waals surface area contributed by atoms with Crippen molar-refractivity contribution >= 4 is 22.9 Å². The standard InChI is InChI=1S/2C19H17F3N2O/c2*1-12-3-10-17-23-13(2)18(24(17)11-12)16(25)9-6-14-4-7-15(8-5-14)19(20,21)22/h2*3-5,7-8,10-11H,6,9H2,1-2H3/i3D,10D,11D;. The molecule has 50 heavy (non-hydrogen) atoms. The van der Waals surface area contributed by atoms with Gasteiger partial charge < -0.3 is 0 Å². The van der Waals surface area contributed by atoms with Crippen molar-refractivity contribution in [1.82, 2.24) is 18.8 Å². The molecule has 0 bridgehead atoms. The number of halogens is 6. The van der Waals surface area contributed by atoms with Crippen LogP contribution in [0.3, 0.4) is 0 Å². The van der Waals surface area contributed by atoms with Gasteiger partial charge in [0.05, 0.1) is 26.6 Å². The van der Waals surface area contributed by atoms with Crippen LogP contribution >= 0.6 is 0 Å². The van der Waals surface area contributed by atoms with Gasteiger partial charge in [-0.15, -0.1) is 0 Å². The van der Waals surface area contributed by atoms with Gasteiger partial charge >= 0.3 is 12.4 Å². The molecule has 0 aliphatic carbocycles. The van der Waals surface area contributed by atoms with E-state index in [1.54, 1.807) is 18.2 Å². The highest BCUT2D eigenvalue weighted by Gasteiger charge is 2.31. The van der Waals surface area contributed by atoms with Crippen molar-refractivity contribution in [3.05, 3.63) is 141 Å². The molecule has 0 spiro atoms. The summed E-state index contributed by atoms with van der Waals surface area (Å²) in [7, 11) is 0. The quantitative estimate of drug-likeness (QED) is 0.118. The van der Waals surface area contributed by atoms with Crippen LogP contribution in [-0.4, -0.2) is 30.3 Å². The Labute approximate surface area is 288 Å². The van der Waals surface area contributed by atoms with E-state index >= 15 is 0 Å². The van der Waals surface area contributed by atoms with Gasteiger partial charge in [-0.1, -0.05) is 36.4 Å². The first kappa shape index (κ1) is 32.0. The highest BCUT2D eigenvalue weighted by molar-refractivity contribution is 5.97. The van der Waals surface area contributed by atoms with Gasteiger partial charge in [0.2, 0.25) is 0 Å². The van der Waals surface area contributed by atoms with E-state index in [-0.39, 0.29) is 66.0 Å². The minimum Gasteiger partial charge on any atom is -0.297 e. The van der Waals surface area contributed by atoms with Crippen molar-refractivity contribution in [2.24, 2.45) is 0 Å². The van der Waals surface area contributed by atoms with Crippen LogP contribution in [0.2, 0.25) is 0 Å². The summed E-state index contributed by atoms with van der Waals surface area (Å²) < 4.78 is 103. The molecule has 2 aromatic carbocycles. The molecule has 6 rings (SSSR count). The number of fused-ring (bicyclic) bond motifs is 2. The molecule has 0 saturated carbocycles. The maximum absolute atomic E-state index is 12.8. The first-order valence-corrected chi connectivity index (χ1v) is 15.6. The number of carbonyl (C=O) groups excluding carboxylic acids is 2. The number of ketones is 2. The summed E-state index contributed by atoms with van der Waals surface area (Å²) in [5.74, 6) is -0.398. The van der Waals surface area contributed by atoms with Gasteiger partial charge in [-0.25, -0.2) is 9.97 Å². The SMILES string of the molecule is Cc1ccc2nc(C)c(C(=O)CCc3ccc(C(F)(F)F)cc3)n2c1.[2H]c1c(C)c([2H])n2c(C(=O)CCc3ccc(C(F)(F)F)cc3)c(C)nc2c1[2H]. The van der Waals surface area contributed by atoms with Gasteiger partial charge in [-0.2, -0.15) is 26.3 Å². The number of hydrogen-bond acceptors (Lipinski definition) is 4. The number of imidazole rings is 2. The van der Waals surface area contributed by atoms with Crippen molar-refractivity contribution in [3.8, 4) is 0 Å². The van der Waals surface area contributed by atoms with Crippen LogP contribution in [0.15, 0.2) is 85.1 Å². The van der Waals surface area contributed by atoms with Crippen molar-refractivity contribution in [3.63, 3.8) is 0 Å². The van der Waals surface area contributed by atoms with Crippen LogP contribution in [0.4, 0.5) is 26.3 Å². The molecule has 4 aromatic heterocycles. The molecule has 0 fully saturated rings. The zero-order valence-electron chi connectivity index (χ0n) is 30.6. The lowest BCUT2D eigenvalue weighted by Gasteiger charge is -2.08. The Morgan fingerprint density at radius 2 is 1.08 bits per heavy atom. The van der Waals surface area contributed by atoms with Crippen molar-refractivity contribution < 1.29 is 40.0 Å². The van der Waals surface area contributed by atoms with Crippen LogP contribution in [-0.2, 0) is 25.2 Å². The lowest BCUT2D eigenvalue weighted by Crippen LogP contribution is -2.08. The summed E-state index contributed by atoms with van der Waals surface area (Å²) in [6, 6.07) is 13.1. The Bertz CT molecular complexity index is 2330. The number of alkyl halides is 6. The van der Waals surface area contributed by atoms with Crippen molar-refractivity contribution in [1.29, 1.82) is 0 Å². The number of Topliss-reactive ketones (excluding diaryl/α,β-unsaturated/α-hetero) is 2. The van der Waals surface area contributed by atoms with E-state index in [4.69, 9.17) is 4.11 Å². The predicted octanol–water partition coefficient (Wildman–Crippen LogP) is 9.57. The Balaban J connectivity index is 0.000000206. The third-order valence-electron chi connectivity index (χ3n) is 8.01. The topological polar surface area (TPSA) is 68.7 Å². The summed E-state index contributed by atoms with van der Waals surface area (Å²) in [4.78, 5) is 33.9. The fourth-order valence-corrected chi connectivity index (χ4v) is 5.47. The monoisotopic (exact) mass is 695 g/mol. The molecule has 0 unspecified atom stereocenters. The third-order valence-corrected chi connectivity index (χ3v) is 8.01. The molecule has 0 saturated heterocycles. The first-order valence-electron chi connectivity index (χ1n) is 17.1. The van der Waals surface area contributed by atoms with E-state index in [2.05, 4.69) is 9.97 Å². The molecule has 4 heterocycles. The van der Waals surface area contributed by atoms with E-state index in [0.717, 1.165) is 29.8 Å². The minimum absolute atomic E-state index is 0.0223. The van der Waals surface area contributed by atoms with Gasteiger partial charge in [0, 0.05) is 25.2 Å². The lowest BCUT2D eigenvalue weighted by atomic mass is 10.0. The summed E-state index contributed by atoms with van der Waals surface area (Å²) in [6.07, 6.45) is -6.11. The van der Waals surface area contributed by atoms with Crippen LogP contribution in [0.1, 0.15) is 82.7 Å². The number of rotatable bonds is 8. The second kappa shape index (κ2) is 14.3. The second-order valence-electron chi connectivity index (χ2n) is 11.9. The Morgan fingerprint density at radius 1 is 0.620 bits per heavy atom. The van der Waals surface area contributed by atoms with E-state index in [1.807, 2.05) is 25.3 Å². The third kappa shape index (κ3) is 8.30. The highest BCUT2D eigenvalue weighted by atomic mass is 19.4. The molecule has 12 heteroatoms. The highest BCUT2D eigenvalue weighted by Crippen LogP contribution is 2.30. The van der Waals surface area contributed by atoms with Crippen LogP contribution < -0.4 is 0 Å². The molecule has 0 N–H and O–H groups in total. The Morgan fingerprint density at radius 3 is 1.56 bits per heavy atom. The first-order chi connectivity index (χ1) is 24.8. The zero-order valence-corrected chi connectivity index (χ0v) is 27.6. The van der Waals surface area contributed by atoms with Gasteiger partial charge in [0.25, 0.3) is 0 Å². The molecule has 0 amide bonds. The number of hydrogen-bond donors (Lipinski definition) is 0. The molecule has 6 aromatic rings. The summed E-state index contributed by atoms with van der Waals surface area (Å²) in [6.45, 7) is 6.85. The van der Waals surface area contributed by atoms with Gasteiger partial charge in [-0.05, 0) is 99.2 Å². The van der Waals surface area contributed by atoms with Gasteiger partial charge in [0.1, 0.15) is 22.7 Å². The van der Waals surface area contributed by atoms with Gasteiger partial charge in [0.15, 0.2) is 11.6 Å². The summed E-state index contributed by atoms with van der Waals surface area (Å²) >= 11 is 0. The number of nitrogens with zero attached hydrogens (tertiary/aromatic N) is 4. The number of aromatic nitrogens is 4. The summed E-state index contributed by atoms with van der Waals surface area (Å²) in [5.41, 5.74) is 3.64. The number of aryl methyl sites for hydroxylation is 5. The minimum atomic E-state index is -4.41. The van der Waals surface area contributed by atoms with E-state index in [1.165, 1.54) is 35.6 Å². The number of pyridine rings is 2. The van der Waals surface area contributed by atoms with Crippen LogP contribution in [0.25, 0.3) is 11.3 Å². The second-order valence-corrected chi connectivity index (χ2v) is 11.9. The molecule has 0 aliphatic rings. The Hall–Kier alpha value is -5.26. The fraction of sp³-hybridized carbons (Fsp3) is 0.263. The molecule has 6 nitrogen and oxygen atoms in total. The van der Waals surface area contributed by atoms with Crippen LogP contribution in [0.5, 0.6) is 0 Å². The largest absolute Gasteiger partial charge is 0.416 e. The predicted molar refractivity (Wildman–Crippen MR) is 178 cm³/mol. The number of carbonyl (C=O) groups is 2. The fourth-order valence-electron chi connectivity index (χ4n) is 5.47. The number of benzene rings is 2. The molecular formula is C38H34F6N4O2. The zero-order chi connectivity index (χ0) is 39.0. The van der Waals surface area contributed by atoms with Crippen molar-refractivity contribution in [2.75, 3.05) is 0 Å². The van der Waals surface area contributed by atoms with E-state index in [9.17, 15) is 35.9 Å². The van der Waals surface area contributed by atoms with E-state index in [0.29, 0.717) is 40.3 Å². The maximum Gasteiger partial charge on any atom is 0.416 e.